The number of carbonyl (C=O) groups excluding carboxylic acids is 1. The molecule has 1 saturated heterocycles. The van der Waals surface area contributed by atoms with Crippen molar-refractivity contribution in [3.8, 4) is 11.5 Å². The number of piperazine rings is 1. The second-order valence-corrected chi connectivity index (χ2v) is 7.01. The minimum Gasteiger partial charge on any atom is -0.507 e. The summed E-state index contributed by atoms with van der Waals surface area (Å²) < 4.78 is 5.89. The molecule has 7 nitrogen and oxygen atoms in total. The monoisotopic (exact) mass is 381 g/mol. The molecule has 1 fully saturated rings. The molecule has 2 aromatic rings. The molecule has 3 heterocycles. The summed E-state index contributed by atoms with van der Waals surface area (Å²) in [5.74, 6) is 0.625. The van der Waals surface area contributed by atoms with Crippen LogP contribution in [0.25, 0.3) is 6.08 Å². The zero-order valence-electron chi connectivity index (χ0n) is 15.5. The van der Waals surface area contributed by atoms with E-state index in [1.807, 2.05) is 6.07 Å². The number of β-amino-alcohol motifs (C(OH)–C–C–N with tert-alkyl or cyclic N) is 1. The largest absolute Gasteiger partial charge is 0.507 e. The summed E-state index contributed by atoms with van der Waals surface area (Å²) in [6, 6.07) is 6.82. The molecule has 0 amide bonds. The molecular formula is C21H23N3O4. The lowest BCUT2D eigenvalue weighted by Crippen LogP contribution is -2.46. The molecule has 28 heavy (non-hydrogen) atoms. The summed E-state index contributed by atoms with van der Waals surface area (Å²) >= 11 is 0. The topological polar surface area (TPSA) is 86.1 Å². The normalized spacial score (nSPS) is 19.0. The molecule has 0 atom stereocenters. The predicted octanol–water partition coefficient (Wildman–Crippen LogP) is 1.51. The van der Waals surface area contributed by atoms with E-state index in [0.29, 0.717) is 30.0 Å². The van der Waals surface area contributed by atoms with Gasteiger partial charge in [-0.3, -0.25) is 19.6 Å². The van der Waals surface area contributed by atoms with Crippen LogP contribution in [0.1, 0.15) is 21.5 Å². The molecule has 0 aliphatic carbocycles. The first kappa shape index (κ1) is 18.6. The third-order valence-corrected chi connectivity index (χ3v) is 5.16. The van der Waals surface area contributed by atoms with E-state index in [0.717, 1.165) is 31.7 Å². The zero-order valence-corrected chi connectivity index (χ0v) is 15.5. The van der Waals surface area contributed by atoms with Crippen LogP contribution in [0.3, 0.4) is 0 Å². The first-order valence-corrected chi connectivity index (χ1v) is 9.40. The molecule has 1 aromatic heterocycles. The number of aromatic nitrogens is 1. The second-order valence-electron chi connectivity index (χ2n) is 7.01. The molecule has 0 bridgehead atoms. The van der Waals surface area contributed by atoms with Crippen LogP contribution in [-0.2, 0) is 6.54 Å². The Labute approximate surface area is 163 Å². The third kappa shape index (κ3) is 3.77. The number of Topliss-reactive ketones (excluding diaryl/α,β-unsaturated/α-hetero) is 1. The molecule has 146 valence electrons. The maximum atomic E-state index is 12.7. The number of fused-ring (bicyclic) bond motifs is 1. The van der Waals surface area contributed by atoms with Crippen LogP contribution in [0.15, 0.2) is 42.4 Å². The Hall–Kier alpha value is -2.74. The van der Waals surface area contributed by atoms with Crippen molar-refractivity contribution in [2.24, 2.45) is 0 Å². The molecule has 7 heteroatoms. The molecular weight excluding hydrogens is 358 g/mol. The number of hydrogen-bond acceptors (Lipinski definition) is 7. The SMILES string of the molecule is O=C1/C(=C/c2cccnc2)Oc2c1ccc(O)c2CN1CCN(CCO)CC1. The van der Waals surface area contributed by atoms with E-state index in [1.54, 1.807) is 36.7 Å². The number of rotatable bonds is 5. The highest BCUT2D eigenvalue weighted by atomic mass is 16.5. The molecule has 4 rings (SSSR count). The number of hydrogen-bond donors (Lipinski definition) is 2. The van der Waals surface area contributed by atoms with Crippen LogP contribution in [-0.4, -0.2) is 70.1 Å². The fourth-order valence-electron chi connectivity index (χ4n) is 3.60. The lowest BCUT2D eigenvalue weighted by Gasteiger charge is -2.34. The van der Waals surface area contributed by atoms with E-state index in [9.17, 15) is 9.90 Å². The number of allylic oxidation sites excluding steroid dienone is 1. The Balaban J connectivity index is 1.54. The van der Waals surface area contributed by atoms with Crippen molar-refractivity contribution in [3.05, 3.63) is 59.1 Å². The van der Waals surface area contributed by atoms with Gasteiger partial charge < -0.3 is 14.9 Å². The van der Waals surface area contributed by atoms with Gasteiger partial charge in [-0.15, -0.1) is 0 Å². The number of phenols is 1. The van der Waals surface area contributed by atoms with E-state index >= 15 is 0 Å². The minimum absolute atomic E-state index is 0.131. The van der Waals surface area contributed by atoms with Crippen LogP contribution in [0.4, 0.5) is 0 Å². The van der Waals surface area contributed by atoms with E-state index in [1.165, 1.54) is 0 Å². The van der Waals surface area contributed by atoms with Crippen molar-refractivity contribution >= 4 is 11.9 Å². The van der Waals surface area contributed by atoms with Crippen LogP contribution in [0.2, 0.25) is 0 Å². The molecule has 2 N–H and O–H groups in total. The maximum absolute atomic E-state index is 12.7. The fraction of sp³-hybridized carbons (Fsp3) is 0.333. The third-order valence-electron chi connectivity index (χ3n) is 5.16. The van der Waals surface area contributed by atoms with Gasteiger partial charge in [-0.05, 0) is 29.8 Å². The van der Waals surface area contributed by atoms with Crippen molar-refractivity contribution in [1.82, 2.24) is 14.8 Å². The van der Waals surface area contributed by atoms with E-state index in [2.05, 4.69) is 14.8 Å². The fourth-order valence-corrected chi connectivity index (χ4v) is 3.60. The van der Waals surface area contributed by atoms with Crippen LogP contribution in [0, 0.1) is 0 Å². The van der Waals surface area contributed by atoms with Gasteiger partial charge in [0.1, 0.15) is 11.5 Å². The molecule has 0 saturated carbocycles. The average Bonchev–Trinajstić information content (AvgIpc) is 3.02. The number of aliphatic hydroxyl groups is 1. The van der Waals surface area contributed by atoms with Gasteiger partial charge >= 0.3 is 0 Å². The number of phenolic OH excluding ortho intramolecular Hbond substituents is 1. The van der Waals surface area contributed by atoms with Gasteiger partial charge in [-0.2, -0.15) is 0 Å². The number of aromatic hydroxyl groups is 1. The first-order valence-electron chi connectivity index (χ1n) is 9.40. The Bertz CT molecular complexity index is 890. The number of pyridine rings is 1. The molecule has 0 spiro atoms. The van der Waals surface area contributed by atoms with Gasteiger partial charge in [0.15, 0.2) is 5.76 Å². The van der Waals surface area contributed by atoms with Gasteiger partial charge in [0.2, 0.25) is 5.78 Å². The summed E-state index contributed by atoms with van der Waals surface area (Å²) in [4.78, 5) is 21.2. The van der Waals surface area contributed by atoms with Crippen LogP contribution < -0.4 is 4.74 Å². The Morgan fingerprint density at radius 3 is 2.64 bits per heavy atom. The maximum Gasteiger partial charge on any atom is 0.231 e. The first-order chi connectivity index (χ1) is 13.7. The van der Waals surface area contributed by atoms with E-state index in [-0.39, 0.29) is 23.9 Å². The summed E-state index contributed by atoms with van der Waals surface area (Å²) in [6.07, 6.45) is 5.01. The quantitative estimate of drug-likeness (QED) is 0.760. The summed E-state index contributed by atoms with van der Waals surface area (Å²) in [5.41, 5.74) is 1.89. The molecule has 2 aliphatic rings. The molecule has 0 unspecified atom stereocenters. The highest BCUT2D eigenvalue weighted by molar-refractivity contribution is 6.14. The Morgan fingerprint density at radius 1 is 1.14 bits per heavy atom. The minimum atomic E-state index is -0.187. The van der Waals surface area contributed by atoms with Crippen LogP contribution in [0.5, 0.6) is 11.5 Å². The lowest BCUT2D eigenvalue weighted by atomic mass is 10.0. The zero-order chi connectivity index (χ0) is 19.5. The molecule has 1 aromatic carbocycles. The van der Waals surface area contributed by atoms with Crippen molar-refractivity contribution in [2.75, 3.05) is 39.3 Å². The van der Waals surface area contributed by atoms with Crippen molar-refractivity contribution < 1.29 is 19.7 Å². The van der Waals surface area contributed by atoms with Crippen LogP contribution >= 0.6 is 0 Å². The van der Waals surface area contributed by atoms with Gasteiger partial charge in [0.25, 0.3) is 0 Å². The van der Waals surface area contributed by atoms with E-state index in [4.69, 9.17) is 9.84 Å². The molecule has 0 radical (unpaired) electrons. The van der Waals surface area contributed by atoms with Gasteiger partial charge in [0, 0.05) is 51.7 Å². The van der Waals surface area contributed by atoms with Gasteiger partial charge in [-0.1, -0.05) is 6.07 Å². The molecule has 2 aliphatic heterocycles. The smallest absolute Gasteiger partial charge is 0.231 e. The summed E-state index contributed by atoms with van der Waals surface area (Å²) in [7, 11) is 0. The second kappa shape index (κ2) is 8.10. The van der Waals surface area contributed by atoms with Crippen molar-refractivity contribution in [1.29, 1.82) is 0 Å². The summed E-state index contributed by atoms with van der Waals surface area (Å²) in [6.45, 7) is 4.74. The number of benzene rings is 1. The van der Waals surface area contributed by atoms with Gasteiger partial charge in [-0.25, -0.2) is 0 Å². The highest BCUT2D eigenvalue weighted by Gasteiger charge is 2.32. The predicted molar refractivity (Wildman–Crippen MR) is 104 cm³/mol. The van der Waals surface area contributed by atoms with Gasteiger partial charge in [0.05, 0.1) is 17.7 Å². The van der Waals surface area contributed by atoms with Crippen molar-refractivity contribution in [3.63, 3.8) is 0 Å². The number of carbonyl (C=O) groups is 1. The lowest BCUT2D eigenvalue weighted by molar-refractivity contribution is 0.101. The average molecular weight is 381 g/mol. The Kier molecular flexibility index (Phi) is 5.38. The summed E-state index contributed by atoms with van der Waals surface area (Å²) in [5, 5.41) is 19.5. The highest BCUT2D eigenvalue weighted by Crippen LogP contribution is 2.40. The standard InChI is InChI=1S/C21H23N3O4/c25-11-10-23-6-8-24(9-7-23)14-17-18(26)4-3-16-20(27)19(28-21(16)17)12-15-2-1-5-22-13-15/h1-5,12-13,25-26H,6-11,14H2/b19-12-. The Morgan fingerprint density at radius 2 is 1.93 bits per heavy atom. The number of aliphatic hydroxyl groups excluding tert-OH is 1. The number of ether oxygens (including phenoxy) is 1. The number of ketones is 1. The number of nitrogens with zero attached hydrogens (tertiary/aromatic N) is 3. The van der Waals surface area contributed by atoms with Crippen molar-refractivity contribution in [2.45, 2.75) is 6.54 Å². The van der Waals surface area contributed by atoms with E-state index < -0.39 is 0 Å².